The van der Waals surface area contributed by atoms with Gasteiger partial charge >= 0.3 is 0 Å². The van der Waals surface area contributed by atoms with Crippen LogP contribution in [0.4, 0.5) is 0 Å². The third-order valence-corrected chi connectivity index (χ3v) is 2.25. The standard InChI is InChI=1S/C9H19NO/c1-6-10(7-11)8(2)9(3,4)5/h7-8H,6H2,1-5H3. The molecule has 0 rings (SSSR count). The molecule has 0 aliphatic rings. The summed E-state index contributed by atoms with van der Waals surface area (Å²) in [5, 5.41) is 0. The van der Waals surface area contributed by atoms with Crippen LogP contribution in [-0.2, 0) is 4.79 Å². The van der Waals surface area contributed by atoms with Crippen molar-refractivity contribution in [2.45, 2.75) is 40.7 Å². The van der Waals surface area contributed by atoms with Crippen LogP contribution in [0.3, 0.4) is 0 Å². The molecular formula is C9H19NO. The first-order chi connectivity index (χ1) is 4.93. The Bertz CT molecular complexity index is 126. The van der Waals surface area contributed by atoms with Crippen LogP contribution in [0.2, 0.25) is 0 Å². The van der Waals surface area contributed by atoms with Crippen LogP contribution < -0.4 is 0 Å². The summed E-state index contributed by atoms with van der Waals surface area (Å²) in [6.07, 6.45) is 0.927. The van der Waals surface area contributed by atoms with Gasteiger partial charge in [0.2, 0.25) is 6.41 Å². The van der Waals surface area contributed by atoms with E-state index in [4.69, 9.17) is 0 Å². The van der Waals surface area contributed by atoms with Gasteiger partial charge < -0.3 is 4.90 Å². The van der Waals surface area contributed by atoms with Gasteiger partial charge in [-0.15, -0.1) is 0 Å². The van der Waals surface area contributed by atoms with Crippen molar-refractivity contribution in [3.63, 3.8) is 0 Å². The molecule has 0 saturated heterocycles. The molecular weight excluding hydrogens is 138 g/mol. The predicted molar refractivity (Wildman–Crippen MR) is 47.4 cm³/mol. The van der Waals surface area contributed by atoms with Crippen molar-refractivity contribution in [3.8, 4) is 0 Å². The summed E-state index contributed by atoms with van der Waals surface area (Å²) < 4.78 is 0. The topological polar surface area (TPSA) is 20.3 Å². The summed E-state index contributed by atoms with van der Waals surface area (Å²) in [6.45, 7) is 11.3. The fourth-order valence-electron chi connectivity index (χ4n) is 0.937. The minimum Gasteiger partial charge on any atom is -0.342 e. The molecule has 0 spiro atoms. The van der Waals surface area contributed by atoms with E-state index in [0.29, 0.717) is 6.04 Å². The van der Waals surface area contributed by atoms with Gasteiger partial charge in [-0.1, -0.05) is 20.8 Å². The second kappa shape index (κ2) is 3.74. The maximum Gasteiger partial charge on any atom is 0.209 e. The molecule has 66 valence electrons. The Morgan fingerprint density at radius 1 is 1.45 bits per heavy atom. The van der Waals surface area contributed by atoms with Crippen LogP contribution in [0, 0.1) is 5.41 Å². The summed E-state index contributed by atoms with van der Waals surface area (Å²) in [7, 11) is 0. The molecule has 0 saturated carbocycles. The number of carbonyl (C=O) groups excluding carboxylic acids is 1. The van der Waals surface area contributed by atoms with Gasteiger partial charge in [0.05, 0.1) is 0 Å². The number of nitrogens with zero attached hydrogens (tertiary/aromatic N) is 1. The zero-order valence-electron chi connectivity index (χ0n) is 8.22. The van der Waals surface area contributed by atoms with Crippen molar-refractivity contribution in [2.24, 2.45) is 5.41 Å². The molecule has 0 aromatic rings. The van der Waals surface area contributed by atoms with Gasteiger partial charge in [-0.3, -0.25) is 4.79 Å². The van der Waals surface area contributed by atoms with E-state index >= 15 is 0 Å². The average Bonchev–Trinajstić information content (AvgIpc) is 1.88. The minimum absolute atomic E-state index is 0.178. The van der Waals surface area contributed by atoms with E-state index in [9.17, 15) is 4.79 Å². The fraction of sp³-hybridized carbons (Fsp3) is 0.889. The van der Waals surface area contributed by atoms with Crippen LogP contribution >= 0.6 is 0 Å². The van der Waals surface area contributed by atoms with Crippen LogP contribution in [0.25, 0.3) is 0 Å². The van der Waals surface area contributed by atoms with Gasteiger partial charge in [0.25, 0.3) is 0 Å². The van der Waals surface area contributed by atoms with Gasteiger partial charge in [0, 0.05) is 12.6 Å². The first-order valence-electron chi connectivity index (χ1n) is 4.14. The Morgan fingerprint density at radius 3 is 2.00 bits per heavy atom. The second-order valence-electron chi connectivity index (χ2n) is 3.98. The summed E-state index contributed by atoms with van der Waals surface area (Å²) in [4.78, 5) is 12.4. The molecule has 0 aromatic carbocycles. The number of hydrogen-bond donors (Lipinski definition) is 0. The van der Waals surface area contributed by atoms with E-state index < -0.39 is 0 Å². The molecule has 0 N–H and O–H groups in total. The molecule has 2 nitrogen and oxygen atoms in total. The Hall–Kier alpha value is -0.530. The highest BCUT2D eigenvalue weighted by Crippen LogP contribution is 2.22. The quantitative estimate of drug-likeness (QED) is 0.573. The summed E-state index contributed by atoms with van der Waals surface area (Å²) in [5.74, 6) is 0. The Kier molecular flexibility index (Phi) is 3.56. The minimum atomic E-state index is 0.178. The lowest BCUT2D eigenvalue weighted by molar-refractivity contribution is -0.121. The number of carbonyl (C=O) groups is 1. The number of rotatable bonds is 3. The first-order valence-corrected chi connectivity index (χ1v) is 4.14. The van der Waals surface area contributed by atoms with Crippen molar-refractivity contribution in [1.82, 2.24) is 4.90 Å². The van der Waals surface area contributed by atoms with E-state index in [-0.39, 0.29) is 5.41 Å². The normalized spacial score (nSPS) is 14.3. The lowest BCUT2D eigenvalue weighted by atomic mass is 9.87. The molecule has 1 atom stereocenters. The van der Waals surface area contributed by atoms with Gasteiger partial charge in [0.15, 0.2) is 0 Å². The summed E-state index contributed by atoms with van der Waals surface area (Å²) >= 11 is 0. The molecule has 0 radical (unpaired) electrons. The highest BCUT2D eigenvalue weighted by molar-refractivity contribution is 5.47. The largest absolute Gasteiger partial charge is 0.342 e. The van der Waals surface area contributed by atoms with Crippen molar-refractivity contribution >= 4 is 6.41 Å². The molecule has 1 unspecified atom stereocenters. The lowest BCUT2D eigenvalue weighted by Gasteiger charge is -2.34. The van der Waals surface area contributed by atoms with Gasteiger partial charge in [-0.25, -0.2) is 0 Å². The average molecular weight is 157 g/mol. The van der Waals surface area contributed by atoms with Gasteiger partial charge in [-0.05, 0) is 19.3 Å². The molecule has 0 aliphatic carbocycles. The molecule has 0 fully saturated rings. The molecule has 1 amide bonds. The Balaban J connectivity index is 4.20. The summed E-state index contributed by atoms with van der Waals surface area (Å²) in [6, 6.07) is 0.310. The Morgan fingerprint density at radius 2 is 1.91 bits per heavy atom. The predicted octanol–water partition coefficient (Wildman–Crippen LogP) is 1.90. The number of hydrogen-bond acceptors (Lipinski definition) is 1. The Labute approximate surface area is 69.6 Å². The van der Waals surface area contributed by atoms with Crippen LogP contribution in [0.5, 0.6) is 0 Å². The van der Waals surface area contributed by atoms with E-state index in [2.05, 4.69) is 27.7 Å². The highest BCUT2D eigenvalue weighted by atomic mass is 16.1. The highest BCUT2D eigenvalue weighted by Gasteiger charge is 2.23. The van der Waals surface area contributed by atoms with E-state index in [0.717, 1.165) is 13.0 Å². The molecule has 11 heavy (non-hydrogen) atoms. The molecule has 0 heterocycles. The SMILES string of the molecule is CCN(C=O)C(C)C(C)(C)C. The van der Waals surface area contributed by atoms with Gasteiger partial charge in [0.1, 0.15) is 0 Å². The first kappa shape index (κ1) is 10.5. The molecule has 0 aromatic heterocycles. The van der Waals surface area contributed by atoms with E-state index in [1.54, 1.807) is 0 Å². The van der Waals surface area contributed by atoms with Crippen LogP contribution in [0.1, 0.15) is 34.6 Å². The molecule has 0 bridgehead atoms. The maximum absolute atomic E-state index is 10.6. The number of amides is 1. The van der Waals surface area contributed by atoms with Crippen molar-refractivity contribution < 1.29 is 4.79 Å². The van der Waals surface area contributed by atoms with Crippen molar-refractivity contribution in [3.05, 3.63) is 0 Å². The van der Waals surface area contributed by atoms with Gasteiger partial charge in [-0.2, -0.15) is 0 Å². The maximum atomic E-state index is 10.6. The van der Waals surface area contributed by atoms with E-state index in [1.165, 1.54) is 0 Å². The van der Waals surface area contributed by atoms with Crippen LogP contribution in [0.15, 0.2) is 0 Å². The third-order valence-electron chi connectivity index (χ3n) is 2.25. The van der Waals surface area contributed by atoms with Crippen molar-refractivity contribution in [1.29, 1.82) is 0 Å². The third kappa shape index (κ3) is 2.91. The fourth-order valence-corrected chi connectivity index (χ4v) is 0.937. The smallest absolute Gasteiger partial charge is 0.209 e. The molecule has 0 aliphatic heterocycles. The zero-order valence-corrected chi connectivity index (χ0v) is 8.22. The van der Waals surface area contributed by atoms with E-state index in [1.807, 2.05) is 11.8 Å². The lowest BCUT2D eigenvalue weighted by Crippen LogP contribution is -2.40. The van der Waals surface area contributed by atoms with Crippen molar-refractivity contribution in [2.75, 3.05) is 6.54 Å². The zero-order chi connectivity index (χ0) is 9.07. The second-order valence-corrected chi connectivity index (χ2v) is 3.98. The monoisotopic (exact) mass is 157 g/mol. The van der Waals surface area contributed by atoms with Crippen LogP contribution in [-0.4, -0.2) is 23.9 Å². The molecule has 2 heteroatoms. The summed E-state index contributed by atoms with van der Waals surface area (Å²) in [5.41, 5.74) is 0.178.